The molecular formula is C21H23NO4. The Morgan fingerprint density at radius 2 is 1.65 bits per heavy atom. The molecule has 0 aliphatic carbocycles. The Morgan fingerprint density at radius 1 is 1.00 bits per heavy atom. The number of para-hydroxylation sites is 1. The third-order valence-electron chi connectivity index (χ3n) is 4.76. The van der Waals surface area contributed by atoms with Crippen LogP contribution in [0.5, 0.6) is 5.75 Å². The zero-order chi connectivity index (χ0) is 18.4. The highest BCUT2D eigenvalue weighted by molar-refractivity contribution is 5.79. The summed E-state index contributed by atoms with van der Waals surface area (Å²) < 4.78 is 5.60. The van der Waals surface area contributed by atoms with Gasteiger partial charge in [0.25, 0.3) is 0 Å². The van der Waals surface area contributed by atoms with Gasteiger partial charge in [-0.2, -0.15) is 0 Å². The van der Waals surface area contributed by atoms with Crippen molar-refractivity contribution in [2.24, 2.45) is 5.92 Å². The quantitative estimate of drug-likeness (QED) is 0.777. The minimum absolute atomic E-state index is 0.00802. The first-order valence-electron chi connectivity index (χ1n) is 8.88. The molecule has 1 fully saturated rings. The summed E-state index contributed by atoms with van der Waals surface area (Å²) in [5.74, 6) is -0.774. The number of carbonyl (C=O) groups excluding carboxylic acids is 1. The molecule has 0 bridgehead atoms. The molecule has 1 aliphatic heterocycles. The summed E-state index contributed by atoms with van der Waals surface area (Å²) in [5.41, 5.74) is 0.975. The molecule has 26 heavy (non-hydrogen) atoms. The monoisotopic (exact) mass is 353 g/mol. The molecule has 0 radical (unpaired) electrons. The summed E-state index contributed by atoms with van der Waals surface area (Å²) in [5, 5.41) is 9.53. The fourth-order valence-electron chi connectivity index (χ4n) is 3.38. The van der Waals surface area contributed by atoms with Gasteiger partial charge in [0, 0.05) is 25.4 Å². The first kappa shape index (κ1) is 18.0. The van der Waals surface area contributed by atoms with Crippen molar-refractivity contribution in [2.45, 2.75) is 18.8 Å². The highest BCUT2D eigenvalue weighted by atomic mass is 16.5. The van der Waals surface area contributed by atoms with E-state index in [1.165, 1.54) is 0 Å². The number of carboxylic acids is 1. The summed E-state index contributed by atoms with van der Waals surface area (Å²) in [7, 11) is 0. The van der Waals surface area contributed by atoms with Gasteiger partial charge in [-0.25, -0.2) is 0 Å². The van der Waals surface area contributed by atoms with E-state index < -0.39 is 11.9 Å². The van der Waals surface area contributed by atoms with Crippen LogP contribution >= 0.6 is 0 Å². The van der Waals surface area contributed by atoms with Crippen LogP contribution in [0.15, 0.2) is 60.7 Å². The van der Waals surface area contributed by atoms with Crippen LogP contribution in [0.4, 0.5) is 0 Å². The van der Waals surface area contributed by atoms with Crippen molar-refractivity contribution in [3.05, 3.63) is 66.2 Å². The lowest BCUT2D eigenvalue weighted by Gasteiger charge is -2.16. The Kier molecular flexibility index (Phi) is 5.89. The molecule has 5 heteroatoms. The molecule has 1 N–H and O–H groups in total. The Hall–Kier alpha value is -2.82. The molecule has 0 aromatic heterocycles. The van der Waals surface area contributed by atoms with Crippen molar-refractivity contribution in [1.29, 1.82) is 0 Å². The molecule has 136 valence electrons. The normalized spacial score (nSPS) is 19.3. The number of amides is 1. The summed E-state index contributed by atoms with van der Waals surface area (Å²) in [6.45, 7) is 1.20. The van der Waals surface area contributed by atoms with Crippen LogP contribution < -0.4 is 4.74 Å². The van der Waals surface area contributed by atoms with Crippen LogP contribution in [0.3, 0.4) is 0 Å². The van der Waals surface area contributed by atoms with Gasteiger partial charge in [-0.05, 0) is 24.1 Å². The van der Waals surface area contributed by atoms with Crippen LogP contribution in [0.1, 0.15) is 24.3 Å². The van der Waals surface area contributed by atoms with E-state index in [0.717, 1.165) is 11.3 Å². The van der Waals surface area contributed by atoms with Crippen LogP contribution in [-0.4, -0.2) is 41.6 Å². The van der Waals surface area contributed by atoms with Gasteiger partial charge >= 0.3 is 5.97 Å². The highest BCUT2D eigenvalue weighted by Gasteiger charge is 2.40. The molecule has 2 aromatic carbocycles. The summed E-state index contributed by atoms with van der Waals surface area (Å²) >= 11 is 0. The zero-order valence-corrected chi connectivity index (χ0v) is 14.6. The first-order valence-corrected chi connectivity index (χ1v) is 8.88. The summed E-state index contributed by atoms with van der Waals surface area (Å²) in [6, 6.07) is 19.1. The lowest BCUT2D eigenvalue weighted by molar-refractivity contribution is -0.141. The number of carbonyl (C=O) groups is 2. The number of aliphatic carboxylic acids is 1. The van der Waals surface area contributed by atoms with Gasteiger partial charge in [0.15, 0.2) is 0 Å². The van der Waals surface area contributed by atoms with Gasteiger partial charge in [0.2, 0.25) is 5.91 Å². The van der Waals surface area contributed by atoms with Crippen molar-refractivity contribution >= 4 is 11.9 Å². The van der Waals surface area contributed by atoms with Crippen molar-refractivity contribution in [3.8, 4) is 5.75 Å². The maximum Gasteiger partial charge on any atom is 0.308 e. The molecule has 2 aromatic rings. The second kappa shape index (κ2) is 8.52. The van der Waals surface area contributed by atoms with Gasteiger partial charge in [-0.1, -0.05) is 48.5 Å². The molecule has 0 spiro atoms. The molecule has 1 aliphatic rings. The van der Waals surface area contributed by atoms with E-state index in [4.69, 9.17) is 4.74 Å². The van der Waals surface area contributed by atoms with E-state index >= 15 is 0 Å². The average molecular weight is 353 g/mol. The number of hydrogen-bond acceptors (Lipinski definition) is 3. The largest absolute Gasteiger partial charge is 0.494 e. The second-order valence-corrected chi connectivity index (χ2v) is 6.53. The lowest BCUT2D eigenvalue weighted by atomic mass is 9.89. The molecule has 5 nitrogen and oxygen atoms in total. The van der Waals surface area contributed by atoms with Crippen LogP contribution in [0, 0.1) is 5.92 Å². The fourth-order valence-corrected chi connectivity index (χ4v) is 3.38. The van der Waals surface area contributed by atoms with E-state index in [9.17, 15) is 14.7 Å². The zero-order valence-electron chi connectivity index (χ0n) is 14.6. The third-order valence-corrected chi connectivity index (χ3v) is 4.76. The smallest absolute Gasteiger partial charge is 0.308 e. The van der Waals surface area contributed by atoms with Crippen molar-refractivity contribution in [2.75, 3.05) is 19.7 Å². The topological polar surface area (TPSA) is 66.8 Å². The Balaban J connectivity index is 1.52. The summed E-state index contributed by atoms with van der Waals surface area (Å²) in [6.07, 6.45) is 0.971. The molecule has 0 saturated carbocycles. The Labute approximate surface area is 153 Å². The molecular weight excluding hydrogens is 330 g/mol. The van der Waals surface area contributed by atoms with Crippen molar-refractivity contribution in [1.82, 2.24) is 4.90 Å². The van der Waals surface area contributed by atoms with Crippen LogP contribution in [0.2, 0.25) is 0 Å². The number of nitrogens with zero attached hydrogens (tertiary/aromatic N) is 1. The molecule has 2 atom stereocenters. The van der Waals surface area contributed by atoms with Gasteiger partial charge in [0.1, 0.15) is 5.75 Å². The second-order valence-electron chi connectivity index (χ2n) is 6.53. The number of ether oxygens (including phenoxy) is 1. The minimum atomic E-state index is -0.846. The SMILES string of the molecule is O=C(O)C1CN(C(=O)CCCOc2ccccc2)CC1c1ccccc1. The maximum atomic E-state index is 12.5. The van der Waals surface area contributed by atoms with E-state index in [1.807, 2.05) is 60.7 Å². The van der Waals surface area contributed by atoms with Crippen molar-refractivity contribution in [3.63, 3.8) is 0 Å². The molecule has 1 amide bonds. The molecule has 3 rings (SSSR count). The number of benzene rings is 2. The van der Waals surface area contributed by atoms with E-state index in [0.29, 0.717) is 26.0 Å². The van der Waals surface area contributed by atoms with Crippen LogP contribution in [-0.2, 0) is 9.59 Å². The van der Waals surface area contributed by atoms with Gasteiger partial charge < -0.3 is 14.7 Å². The number of likely N-dealkylation sites (tertiary alicyclic amines) is 1. The predicted molar refractivity (Wildman–Crippen MR) is 98.1 cm³/mol. The van der Waals surface area contributed by atoms with E-state index in [2.05, 4.69) is 0 Å². The maximum absolute atomic E-state index is 12.5. The lowest BCUT2D eigenvalue weighted by Crippen LogP contribution is -2.30. The van der Waals surface area contributed by atoms with Crippen LogP contribution in [0.25, 0.3) is 0 Å². The molecule has 1 saturated heterocycles. The number of carboxylic acid groups (broad SMARTS) is 1. The number of rotatable bonds is 7. The first-order chi connectivity index (χ1) is 12.6. The standard InChI is InChI=1S/C21H23NO4/c23-20(12-7-13-26-17-10-5-2-6-11-17)22-14-18(19(15-22)21(24)25)16-8-3-1-4-9-16/h1-6,8-11,18-19H,7,12-15H2,(H,24,25). The fraction of sp³-hybridized carbons (Fsp3) is 0.333. The Bertz CT molecular complexity index is 732. The predicted octanol–water partition coefficient (Wildman–Crippen LogP) is 3.17. The van der Waals surface area contributed by atoms with Crippen molar-refractivity contribution < 1.29 is 19.4 Å². The minimum Gasteiger partial charge on any atom is -0.494 e. The third kappa shape index (κ3) is 4.42. The van der Waals surface area contributed by atoms with Gasteiger partial charge in [-0.3, -0.25) is 9.59 Å². The van der Waals surface area contributed by atoms with E-state index in [1.54, 1.807) is 4.90 Å². The van der Waals surface area contributed by atoms with Gasteiger partial charge in [-0.15, -0.1) is 0 Å². The average Bonchev–Trinajstić information content (AvgIpc) is 3.12. The molecule has 1 heterocycles. The Morgan fingerprint density at radius 3 is 2.31 bits per heavy atom. The highest BCUT2D eigenvalue weighted by Crippen LogP contribution is 2.33. The van der Waals surface area contributed by atoms with E-state index in [-0.39, 0.29) is 18.4 Å². The summed E-state index contributed by atoms with van der Waals surface area (Å²) in [4.78, 5) is 25.8. The molecule has 2 unspecified atom stereocenters. The van der Waals surface area contributed by atoms with Gasteiger partial charge in [0.05, 0.1) is 12.5 Å². The number of hydrogen-bond donors (Lipinski definition) is 1.